The van der Waals surface area contributed by atoms with Crippen LogP contribution in [0.25, 0.3) is 0 Å². The minimum Gasteiger partial charge on any atom is -0.466 e. The van der Waals surface area contributed by atoms with Gasteiger partial charge in [0.2, 0.25) is 5.91 Å². The van der Waals surface area contributed by atoms with Crippen LogP contribution in [0, 0.1) is 11.7 Å². The standard InChI is InChI=1S/C18H21FN2O4/c1-2-25-18(24)12-4-3-9-20(11-12)15-10-16(22)21(17(15)23)14-7-5-13(19)6-8-14/h5-8,12,15H,2-4,9-11H2,1H3/p+1/t12-,15-/m1/s1. The Balaban J connectivity index is 1.73. The van der Waals surface area contributed by atoms with Crippen molar-refractivity contribution < 1.29 is 28.4 Å². The lowest BCUT2D eigenvalue weighted by atomic mass is 9.96. The van der Waals surface area contributed by atoms with E-state index < -0.39 is 11.9 Å². The molecule has 1 aromatic carbocycles. The second-order valence-electron chi connectivity index (χ2n) is 6.50. The number of carbonyl (C=O) groups is 3. The summed E-state index contributed by atoms with van der Waals surface area (Å²) in [7, 11) is 0. The Morgan fingerprint density at radius 1 is 1.32 bits per heavy atom. The Bertz CT molecular complexity index is 676. The van der Waals surface area contributed by atoms with E-state index in [1.54, 1.807) is 6.92 Å². The highest BCUT2D eigenvalue weighted by Gasteiger charge is 2.47. The van der Waals surface area contributed by atoms with Crippen molar-refractivity contribution >= 4 is 23.5 Å². The van der Waals surface area contributed by atoms with Crippen molar-refractivity contribution in [2.45, 2.75) is 32.2 Å². The summed E-state index contributed by atoms with van der Waals surface area (Å²) in [6.45, 7) is 3.35. The van der Waals surface area contributed by atoms with Crippen LogP contribution in [0.1, 0.15) is 26.2 Å². The largest absolute Gasteiger partial charge is 0.466 e. The highest BCUT2D eigenvalue weighted by molar-refractivity contribution is 6.21. The quantitative estimate of drug-likeness (QED) is 0.628. The molecular weight excluding hydrogens is 327 g/mol. The van der Waals surface area contributed by atoms with Crippen LogP contribution >= 0.6 is 0 Å². The number of nitrogens with one attached hydrogen (secondary N) is 1. The third kappa shape index (κ3) is 3.56. The van der Waals surface area contributed by atoms with Crippen molar-refractivity contribution in [3.63, 3.8) is 0 Å². The topological polar surface area (TPSA) is 68.1 Å². The van der Waals surface area contributed by atoms with Gasteiger partial charge in [0.1, 0.15) is 11.7 Å². The third-order valence-electron chi connectivity index (χ3n) is 4.90. The minimum absolute atomic E-state index is 0.112. The smallest absolute Gasteiger partial charge is 0.314 e. The molecule has 0 radical (unpaired) electrons. The summed E-state index contributed by atoms with van der Waals surface area (Å²) in [4.78, 5) is 39.2. The van der Waals surface area contributed by atoms with Gasteiger partial charge in [0, 0.05) is 0 Å². The fraction of sp³-hybridized carbons (Fsp3) is 0.500. The molecule has 2 fully saturated rings. The zero-order chi connectivity index (χ0) is 18.0. The number of imide groups is 1. The van der Waals surface area contributed by atoms with Crippen molar-refractivity contribution in [3.05, 3.63) is 30.1 Å². The highest BCUT2D eigenvalue weighted by atomic mass is 19.1. The summed E-state index contributed by atoms with van der Waals surface area (Å²) in [6, 6.07) is 4.83. The molecule has 1 aromatic rings. The van der Waals surface area contributed by atoms with E-state index in [0.29, 0.717) is 18.8 Å². The summed E-state index contributed by atoms with van der Waals surface area (Å²) in [5.74, 6) is -1.44. The first-order valence-electron chi connectivity index (χ1n) is 8.64. The number of nitrogens with zero attached hydrogens (tertiary/aromatic N) is 1. The van der Waals surface area contributed by atoms with Gasteiger partial charge in [-0.3, -0.25) is 14.4 Å². The molecular formula is C18H22FN2O4+. The van der Waals surface area contributed by atoms with E-state index in [9.17, 15) is 18.8 Å². The van der Waals surface area contributed by atoms with Crippen LogP contribution in [0.3, 0.4) is 0 Å². The average molecular weight is 349 g/mol. The van der Waals surface area contributed by atoms with Crippen LogP contribution in [0.5, 0.6) is 0 Å². The number of ether oxygens (including phenoxy) is 1. The molecule has 2 heterocycles. The fourth-order valence-electron chi connectivity index (χ4n) is 3.69. The summed E-state index contributed by atoms with van der Waals surface area (Å²) >= 11 is 0. The number of likely N-dealkylation sites (tertiary alicyclic amines) is 1. The van der Waals surface area contributed by atoms with Crippen LogP contribution in [-0.2, 0) is 19.1 Å². The molecule has 6 nitrogen and oxygen atoms in total. The number of carbonyl (C=O) groups excluding carboxylic acids is 3. The highest BCUT2D eigenvalue weighted by Crippen LogP contribution is 2.23. The number of amides is 2. The molecule has 2 saturated heterocycles. The van der Waals surface area contributed by atoms with Crippen molar-refractivity contribution in [2.75, 3.05) is 24.6 Å². The number of hydrogen-bond donors (Lipinski definition) is 1. The van der Waals surface area contributed by atoms with Gasteiger partial charge in [0.25, 0.3) is 5.91 Å². The Hall–Kier alpha value is -2.28. The molecule has 1 N–H and O–H groups in total. The van der Waals surface area contributed by atoms with Crippen molar-refractivity contribution in [1.82, 2.24) is 0 Å². The molecule has 3 rings (SSSR count). The Morgan fingerprint density at radius 2 is 2.04 bits per heavy atom. The van der Waals surface area contributed by atoms with Crippen LogP contribution in [-0.4, -0.2) is 43.5 Å². The molecule has 7 heteroatoms. The van der Waals surface area contributed by atoms with Gasteiger partial charge in [-0.25, -0.2) is 9.29 Å². The van der Waals surface area contributed by atoms with E-state index in [1.807, 2.05) is 0 Å². The zero-order valence-corrected chi connectivity index (χ0v) is 14.2. The van der Waals surface area contributed by atoms with E-state index in [4.69, 9.17) is 4.74 Å². The maximum Gasteiger partial charge on any atom is 0.314 e. The lowest BCUT2D eigenvalue weighted by Crippen LogP contribution is -3.18. The number of piperidine rings is 1. The average Bonchev–Trinajstić information content (AvgIpc) is 2.91. The number of esters is 1. The molecule has 0 saturated carbocycles. The minimum atomic E-state index is -0.491. The second-order valence-corrected chi connectivity index (χ2v) is 6.50. The normalized spacial score (nSPS) is 26.8. The maximum absolute atomic E-state index is 13.1. The number of hydrogen-bond acceptors (Lipinski definition) is 4. The summed E-state index contributed by atoms with van der Waals surface area (Å²) in [5, 5.41) is 0. The number of quaternary nitrogens is 1. The molecule has 0 spiro atoms. The number of rotatable bonds is 4. The third-order valence-corrected chi connectivity index (χ3v) is 4.90. The zero-order valence-electron chi connectivity index (χ0n) is 14.2. The lowest BCUT2D eigenvalue weighted by molar-refractivity contribution is -0.922. The summed E-state index contributed by atoms with van der Waals surface area (Å²) in [6.07, 6.45) is 1.67. The first kappa shape index (κ1) is 17.5. The molecule has 0 bridgehead atoms. The fourth-order valence-corrected chi connectivity index (χ4v) is 3.69. The van der Waals surface area contributed by atoms with E-state index >= 15 is 0 Å². The Labute approximate surface area is 145 Å². The van der Waals surface area contributed by atoms with E-state index in [2.05, 4.69) is 0 Å². The number of anilines is 1. The van der Waals surface area contributed by atoms with Crippen molar-refractivity contribution in [1.29, 1.82) is 0 Å². The van der Waals surface area contributed by atoms with E-state index in [-0.39, 0.29) is 30.1 Å². The second kappa shape index (κ2) is 7.31. The molecule has 3 atom stereocenters. The van der Waals surface area contributed by atoms with Gasteiger partial charge in [-0.1, -0.05) is 0 Å². The van der Waals surface area contributed by atoms with Crippen LogP contribution in [0.15, 0.2) is 24.3 Å². The number of halogens is 1. The summed E-state index contributed by atoms with van der Waals surface area (Å²) in [5.41, 5.74) is 0.386. The molecule has 2 aliphatic rings. The molecule has 134 valence electrons. The first-order chi connectivity index (χ1) is 12.0. The Morgan fingerprint density at radius 3 is 2.72 bits per heavy atom. The molecule has 0 aliphatic carbocycles. The van der Waals surface area contributed by atoms with Crippen molar-refractivity contribution in [2.24, 2.45) is 5.92 Å². The van der Waals surface area contributed by atoms with Gasteiger partial charge in [-0.15, -0.1) is 0 Å². The van der Waals surface area contributed by atoms with E-state index in [0.717, 1.165) is 29.2 Å². The molecule has 2 aliphatic heterocycles. The van der Waals surface area contributed by atoms with Crippen molar-refractivity contribution in [3.8, 4) is 0 Å². The monoisotopic (exact) mass is 349 g/mol. The first-order valence-corrected chi connectivity index (χ1v) is 8.64. The summed E-state index contributed by atoms with van der Waals surface area (Å²) < 4.78 is 18.2. The van der Waals surface area contributed by atoms with Gasteiger partial charge in [0.05, 0.1) is 31.8 Å². The maximum atomic E-state index is 13.1. The van der Waals surface area contributed by atoms with Crippen LogP contribution < -0.4 is 9.80 Å². The van der Waals surface area contributed by atoms with Crippen LogP contribution in [0.2, 0.25) is 0 Å². The van der Waals surface area contributed by atoms with Crippen LogP contribution in [0.4, 0.5) is 10.1 Å². The van der Waals surface area contributed by atoms with Gasteiger partial charge in [-0.05, 0) is 44.0 Å². The molecule has 1 unspecified atom stereocenters. The predicted octanol–water partition coefficient (Wildman–Crippen LogP) is 0.316. The molecule has 2 amide bonds. The van der Waals surface area contributed by atoms with E-state index in [1.165, 1.54) is 24.3 Å². The van der Waals surface area contributed by atoms with Gasteiger partial charge in [-0.2, -0.15) is 0 Å². The predicted molar refractivity (Wildman–Crippen MR) is 87.4 cm³/mol. The van der Waals surface area contributed by atoms with Gasteiger partial charge >= 0.3 is 5.97 Å². The van der Waals surface area contributed by atoms with Gasteiger partial charge < -0.3 is 9.64 Å². The SMILES string of the molecule is CCOC(=O)[C@@H]1CCC[NH+]([C@@H]2CC(=O)N(c3ccc(F)cc3)C2=O)C1. The van der Waals surface area contributed by atoms with Gasteiger partial charge in [0.15, 0.2) is 6.04 Å². The number of benzene rings is 1. The lowest BCUT2D eigenvalue weighted by Gasteiger charge is -2.31. The molecule has 25 heavy (non-hydrogen) atoms. The Kier molecular flexibility index (Phi) is 5.13. The molecule has 0 aromatic heterocycles.